The number of ether oxygens (including phenoxy) is 1. The van der Waals surface area contributed by atoms with Crippen molar-refractivity contribution in [1.29, 1.82) is 0 Å². The molecule has 156 valence electrons. The number of aromatic nitrogens is 1. The van der Waals surface area contributed by atoms with Gasteiger partial charge in [-0.05, 0) is 38.0 Å². The van der Waals surface area contributed by atoms with Gasteiger partial charge in [-0.15, -0.1) is 0 Å². The number of urea groups is 1. The standard InChI is InChI=1S/C19H23FN4O4S/c1-2-29(26,27)24-8-4-6-17(13-24)28-18-10-14(20)9-16(11-18)23-19(25)22-15-5-3-7-21-12-15/h3,5,7,9-12,17H,2,4,6,8,13H2,1H3,(H2,22,23,25). The van der Waals surface area contributed by atoms with Gasteiger partial charge in [0.25, 0.3) is 0 Å². The van der Waals surface area contributed by atoms with Crippen LogP contribution in [0.4, 0.5) is 20.6 Å². The molecular weight excluding hydrogens is 399 g/mol. The second-order valence-electron chi connectivity index (χ2n) is 6.64. The van der Waals surface area contributed by atoms with Crippen molar-refractivity contribution < 1.29 is 22.3 Å². The highest BCUT2D eigenvalue weighted by atomic mass is 32.2. The predicted octanol–water partition coefficient (Wildman–Crippen LogP) is 3.06. The number of carbonyl (C=O) groups is 1. The van der Waals surface area contributed by atoms with Crippen molar-refractivity contribution >= 4 is 27.4 Å². The molecule has 8 nitrogen and oxygen atoms in total. The zero-order valence-electron chi connectivity index (χ0n) is 16.0. The Bertz CT molecular complexity index is 956. The zero-order chi connectivity index (χ0) is 20.9. The molecule has 10 heteroatoms. The predicted molar refractivity (Wildman–Crippen MR) is 108 cm³/mol. The van der Waals surface area contributed by atoms with Crippen LogP contribution in [0.15, 0.2) is 42.7 Å². The molecule has 0 radical (unpaired) electrons. The molecule has 0 spiro atoms. The van der Waals surface area contributed by atoms with E-state index < -0.39 is 21.9 Å². The van der Waals surface area contributed by atoms with E-state index in [0.29, 0.717) is 25.1 Å². The number of benzene rings is 1. The fourth-order valence-electron chi connectivity index (χ4n) is 3.06. The molecule has 2 N–H and O–H groups in total. The second-order valence-corrected chi connectivity index (χ2v) is 8.89. The smallest absolute Gasteiger partial charge is 0.323 e. The van der Waals surface area contributed by atoms with Crippen LogP contribution in [0.1, 0.15) is 19.8 Å². The lowest BCUT2D eigenvalue weighted by atomic mass is 10.1. The molecule has 0 aliphatic carbocycles. The third kappa shape index (κ3) is 5.88. The minimum atomic E-state index is -3.30. The molecule has 2 heterocycles. The lowest BCUT2D eigenvalue weighted by Crippen LogP contribution is -2.44. The van der Waals surface area contributed by atoms with Gasteiger partial charge >= 0.3 is 6.03 Å². The lowest BCUT2D eigenvalue weighted by molar-refractivity contribution is 0.129. The van der Waals surface area contributed by atoms with Crippen LogP contribution in [-0.4, -0.2) is 48.7 Å². The zero-order valence-corrected chi connectivity index (χ0v) is 16.8. The summed E-state index contributed by atoms with van der Waals surface area (Å²) in [5.74, 6) is -0.324. The maximum atomic E-state index is 14.0. The quantitative estimate of drug-likeness (QED) is 0.745. The van der Waals surface area contributed by atoms with Gasteiger partial charge < -0.3 is 15.4 Å². The molecular formula is C19H23FN4O4S. The van der Waals surface area contributed by atoms with E-state index in [1.807, 2.05) is 0 Å². The third-order valence-corrected chi connectivity index (χ3v) is 6.30. The third-order valence-electron chi connectivity index (χ3n) is 4.45. The summed E-state index contributed by atoms with van der Waals surface area (Å²) in [6.45, 7) is 2.28. The monoisotopic (exact) mass is 422 g/mol. The summed E-state index contributed by atoms with van der Waals surface area (Å²) >= 11 is 0. The van der Waals surface area contributed by atoms with Crippen LogP contribution in [0, 0.1) is 5.82 Å². The van der Waals surface area contributed by atoms with E-state index in [0.717, 1.165) is 0 Å². The van der Waals surface area contributed by atoms with Crippen LogP contribution < -0.4 is 15.4 Å². The molecule has 1 unspecified atom stereocenters. The van der Waals surface area contributed by atoms with Crippen LogP contribution in [0.3, 0.4) is 0 Å². The molecule has 0 bridgehead atoms. The number of hydrogen-bond donors (Lipinski definition) is 2. The molecule has 1 aliphatic heterocycles. The number of anilines is 2. The summed E-state index contributed by atoms with van der Waals surface area (Å²) in [4.78, 5) is 16.0. The van der Waals surface area contributed by atoms with Crippen molar-refractivity contribution in [1.82, 2.24) is 9.29 Å². The molecule has 1 fully saturated rings. The van der Waals surface area contributed by atoms with E-state index >= 15 is 0 Å². The highest BCUT2D eigenvalue weighted by Gasteiger charge is 2.28. The van der Waals surface area contributed by atoms with Gasteiger partial charge in [-0.2, -0.15) is 4.31 Å². The van der Waals surface area contributed by atoms with Gasteiger partial charge in [0.15, 0.2) is 0 Å². The first-order valence-electron chi connectivity index (χ1n) is 9.29. The van der Waals surface area contributed by atoms with Crippen molar-refractivity contribution in [3.63, 3.8) is 0 Å². The number of halogens is 1. The van der Waals surface area contributed by atoms with Crippen LogP contribution >= 0.6 is 0 Å². The van der Waals surface area contributed by atoms with Gasteiger partial charge in [0.1, 0.15) is 17.7 Å². The maximum Gasteiger partial charge on any atom is 0.323 e. The average molecular weight is 422 g/mol. The Kier molecular flexibility index (Phi) is 6.65. The van der Waals surface area contributed by atoms with Gasteiger partial charge in [-0.25, -0.2) is 17.6 Å². The van der Waals surface area contributed by atoms with E-state index in [-0.39, 0.29) is 29.8 Å². The summed E-state index contributed by atoms with van der Waals surface area (Å²) in [7, 11) is -3.30. The van der Waals surface area contributed by atoms with Crippen molar-refractivity contribution in [3.8, 4) is 5.75 Å². The number of carbonyl (C=O) groups excluding carboxylic acids is 1. The first-order valence-corrected chi connectivity index (χ1v) is 10.9. The van der Waals surface area contributed by atoms with Gasteiger partial charge in [-0.1, -0.05) is 0 Å². The number of nitrogens with zero attached hydrogens (tertiary/aromatic N) is 2. The number of rotatable bonds is 6. The van der Waals surface area contributed by atoms with E-state index in [2.05, 4.69) is 15.6 Å². The molecule has 1 atom stereocenters. The fourth-order valence-corrected chi connectivity index (χ4v) is 4.23. The van der Waals surface area contributed by atoms with E-state index in [1.54, 1.807) is 25.3 Å². The lowest BCUT2D eigenvalue weighted by Gasteiger charge is -2.32. The first-order chi connectivity index (χ1) is 13.9. The second kappa shape index (κ2) is 9.19. The van der Waals surface area contributed by atoms with Crippen molar-refractivity contribution in [2.45, 2.75) is 25.9 Å². The molecule has 1 saturated heterocycles. The van der Waals surface area contributed by atoms with Gasteiger partial charge in [-0.3, -0.25) is 4.98 Å². The first kappa shape index (κ1) is 21.0. The topological polar surface area (TPSA) is 101 Å². The Morgan fingerprint density at radius 2 is 2.10 bits per heavy atom. The van der Waals surface area contributed by atoms with Crippen molar-refractivity contribution in [3.05, 3.63) is 48.5 Å². The summed E-state index contributed by atoms with van der Waals surface area (Å²) in [6.07, 6.45) is 4.01. The number of nitrogens with one attached hydrogen (secondary N) is 2. The Balaban J connectivity index is 1.65. The molecule has 3 rings (SSSR count). The fraction of sp³-hybridized carbons (Fsp3) is 0.368. The van der Waals surface area contributed by atoms with Crippen molar-refractivity contribution in [2.24, 2.45) is 0 Å². The number of piperidine rings is 1. The number of pyridine rings is 1. The minimum Gasteiger partial charge on any atom is -0.489 e. The molecule has 2 aromatic rings. The normalized spacial score (nSPS) is 17.5. The van der Waals surface area contributed by atoms with E-state index in [1.165, 1.54) is 28.7 Å². The van der Waals surface area contributed by atoms with Gasteiger partial charge in [0.05, 0.1) is 24.2 Å². The highest BCUT2D eigenvalue weighted by Crippen LogP contribution is 2.25. The molecule has 0 saturated carbocycles. The molecule has 1 aromatic carbocycles. The summed E-state index contributed by atoms with van der Waals surface area (Å²) < 4.78 is 45.4. The van der Waals surface area contributed by atoms with Crippen LogP contribution in [0.2, 0.25) is 0 Å². The van der Waals surface area contributed by atoms with Crippen LogP contribution in [-0.2, 0) is 10.0 Å². The van der Waals surface area contributed by atoms with Crippen LogP contribution in [0.5, 0.6) is 5.75 Å². The molecule has 2 amide bonds. The van der Waals surface area contributed by atoms with Crippen LogP contribution in [0.25, 0.3) is 0 Å². The summed E-state index contributed by atoms with van der Waals surface area (Å²) in [5.41, 5.74) is 0.715. The number of sulfonamides is 1. The molecule has 29 heavy (non-hydrogen) atoms. The Morgan fingerprint density at radius 1 is 1.31 bits per heavy atom. The Hall–Kier alpha value is -2.72. The van der Waals surface area contributed by atoms with E-state index in [4.69, 9.17) is 4.74 Å². The molecule has 1 aromatic heterocycles. The van der Waals surface area contributed by atoms with Gasteiger partial charge in [0, 0.05) is 30.6 Å². The minimum absolute atomic E-state index is 0.0276. The number of amides is 2. The summed E-state index contributed by atoms with van der Waals surface area (Å²) in [6, 6.07) is 6.68. The number of hydrogen-bond acceptors (Lipinski definition) is 5. The molecule has 1 aliphatic rings. The Labute approximate surface area is 169 Å². The Morgan fingerprint density at radius 3 is 2.83 bits per heavy atom. The van der Waals surface area contributed by atoms with Gasteiger partial charge in [0.2, 0.25) is 10.0 Å². The maximum absolute atomic E-state index is 14.0. The largest absolute Gasteiger partial charge is 0.489 e. The van der Waals surface area contributed by atoms with Crippen molar-refractivity contribution in [2.75, 3.05) is 29.5 Å². The SMILES string of the molecule is CCS(=O)(=O)N1CCCC(Oc2cc(F)cc(NC(=O)Nc3cccnc3)c2)C1. The summed E-state index contributed by atoms with van der Waals surface area (Å²) in [5, 5.41) is 5.14. The van der Waals surface area contributed by atoms with E-state index in [9.17, 15) is 17.6 Å². The average Bonchev–Trinajstić information content (AvgIpc) is 2.68. The highest BCUT2D eigenvalue weighted by molar-refractivity contribution is 7.89.